The minimum atomic E-state index is -0.554. The summed E-state index contributed by atoms with van der Waals surface area (Å²) in [5.41, 5.74) is 7.41. The Morgan fingerprint density at radius 2 is 1.61 bits per heavy atom. The summed E-state index contributed by atoms with van der Waals surface area (Å²) in [5, 5.41) is 6.52. The number of anilines is 2. The Labute approximate surface area is 204 Å². The lowest BCUT2D eigenvalue weighted by atomic mass is 10.2. The van der Waals surface area contributed by atoms with Crippen LogP contribution >= 0.6 is 34.8 Å². The zero-order valence-electron chi connectivity index (χ0n) is 17.3. The number of fused-ring (bicyclic) bond motifs is 1. The summed E-state index contributed by atoms with van der Waals surface area (Å²) in [6, 6.07) is 15.6. The van der Waals surface area contributed by atoms with E-state index in [0.29, 0.717) is 43.5 Å². The molecule has 1 unspecified atom stereocenters. The third-order valence-electron chi connectivity index (χ3n) is 4.84. The predicted molar refractivity (Wildman–Crippen MR) is 134 cm³/mol. The second kappa shape index (κ2) is 9.41. The van der Waals surface area contributed by atoms with Gasteiger partial charge in [-0.3, -0.25) is 9.36 Å². The number of rotatable bonds is 4. The topological polar surface area (TPSA) is 102 Å². The number of hydrogen-bond donors (Lipinski definition) is 3. The number of nitrogens with one attached hydrogen (secondary N) is 2. The number of amides is 2. The molecule has 168 valence electrons. The van der Waals surface area contributed by atoms with Gasteiger partial charge in [-0.05, 0) is 49.4 Å². The van der Waals surface area contributed by atoms with Gasteiger partial charge in [-0.25, -0.2) is 9.78 Å². The molecule has 1 atom stereocenters. The summed E-state index contributed by atoms with van der Waals surface area (Å²) in [6.45, 7) is 1.73. The maximum atomic E-state index is 13.4. The molecule has 0 fully saturated rings. The normalized spacial score (nSPS) is 11.9. The number of carbonyl (C=O) groups excluding carboxylic acids is 1. The molecule has 0 spiro atoms. The molecular weight excluding hydrogens is 485 g/mol. The van der Waals surface area contributed by atoms with E-state index in [2.05, 4.69) is 15.6 Å². The minimum Gasteiger partial charge on any atom is -0.322 e. The summed E-state index contributed by atoms with van der Waals surface area (Å²) in [4.78, 5) is 30.5. The van der Waals surface area contributed by atoms with Crippen LogP contribution in [0.1, 0.15) is 18.8 Å². The van der Waals surface area contributed by atoms with E-state index in [4.69, 9.17) is 40.5 Å². The van der Waals surface area contributed by atoms with Gasteiger partial charge in [-0.2, -0.15) is 0 Å². The molecule has 2 amide bonds. The van der Waals surface area contributed by atoms with E-state index in [1.54, 1.807) is 67.6 Å². The molecule has 33 heavy (non-hydrogen) atoms. The zero-order chi connectivity index (χ0) is 23.7. The Kier molecular flexibility index (Phi) is 6.58. The van der Waals surface area contributed by atoms with Crippen molar-refractivity contribution in [2.75, 3.05) is 10.6 Å². The van der Waals surface area contributed by atoms with Crippen LogP contribution in [0.15, 0.2) is 65.5 Å². The van der Waals surface area contributed by atoms with Gasteiger partial charge in [-0.1, -0.05) is 53.0 Å². The molecule has 0 aliphatic rings. The number of nitrogens with two attached hydrogens (primary N) is 1. The van der Waals surface area contributed by atoms with E-state index in [9.17, 15) is 9.59 Å². The van der Waals surface area contributed by atoms with Crippen LogP contribution in [0.25, 0.3) is 16.6 Å². The van der Waals surface area contributed by atoms with Gasteiger partial charge in [0, 0.05) is 5.69 Å². The Balaban J connectivity index is 1.73. The number of hydrogen-bond acceptors (Lipinski definition) is 4. The SMILES string of the molecule is CC(N)c1nc2cccc(Cl)c2c(=O)n1-c1cccc(NC(=O)Nc2c(Cl)cccc2Cl)c1. The van der Waals surface area contributed by atoms with Crippen LogP contribution in [0, 0.1) is 0 Å². The molecule has 0 aliphatic carbocycles. The van der Waals surface area contributed by atoms with Crippen molar-refractivity contribution < 1.29 is 4.79 Å². The second-order valence-corrected chi connectivity index (χ2v) is 8.48. The van der Waals surface area contributed by atoms with Crippen LogP contribution in [-0.4, -0.2) is 15.6 Å². The third kappa shape index (κ3) is 4.67. The molecule has 0 saturated carbocycles. The van der Waals surface area contributed by atoms with Gasteiger partial charge in [0.15, 0.2) is 0 Å². The molecular formula is C23H18Cl3N5O2. The first-order valence-corrected chi connectivity index (χ1v) is 11.0. The maximum Gasteiger partial charge on any atom is 0.323 e. The molecule has 4 aromatic rings. The Bertz CT molecular complexity index is 1420. The van der Waals surface area contributed by atoms with Gasteiger partial charge in [0.2, 0.25) is 0 Å². The lowest BCUT2D eigenvalue weighted by Gasteiger charge is -2.17. The molecule has 4 rings (SSSR count). The summed E-state index contributed by atoms with van der Waals surface area (Å²) >= 11 is 18.5. The predicted octanol–water partition coefficient (Wildman–Crippen LogP) is 6.01. The van der Waals surface area contributed by atoms with E-state index >= 15 is 0 Å². The maximum absolute atomic E-state index is 13.4. The quantitative estimate of drug-likeness (QED) is 0.318. The number of urea groups is 1. The molecule has 0 aliphatic heterocycles. The highest BCUT2D eigenvalue weighted by Crippen LogP contribution is 2.30. The lowest BCUT2D eigenvalue weighted by Crippen LogP contribution is -2.28. The fraction of sp³-hybridized carbons (Fsp3) is 0.0870. The van der Waals surface area contributed by atoms with Crippen molar-refractivity contribution in [3.8, 4) is 5.69 Å². The zero-order valence-corrected chi connectivity index (χ0v) is 19.5. The number of carbonyl (C=O) groups is 1. The van der Waals surface area contributed by atoms with E-state index in [1.807, 2.05) is 0 Å². The summed E-state index contributed by atoms with van der Waals surface area (Å²) in [7, 11) is 0. The third-order valence-corrected chi connectivity index (χ3v) is 5.79. The summed E-state index contributed by atoms with van der Waals surface area (Å²) < 4.78 is 1.40. The van der Waals surface area contributed by atoms with Crippen molar-refractivity contribution in [3.05, 3.63) is 91.9 Å². The van der Waals surface area contributed by atoms with Gasteiger partial charge >= 0.3 is 6.03 Å². The first-order chi connectivity index (χ1) is 15.8. The highest BCUT2D eigenvalue weighted by atomic mass is 35.5. The lowest BCUT2D eigenvalue weighted by molar-refractivity contribution is 0.262. The second-order valence-electron chi connectivity index (χ2n) is 7.26. The highest BCUT2D eigenvalue weighted by Gasteiger charge is 2.18. The standard InChI is InChI=1S/C23H18Cl3N5O2/c1-12(27)21-29-18-10-4-7-15(24)19(18)22(32)31(21)14-6-2-5-13(11-14)28-23(33)30-20-16(25)8-3-9-17(20)26/h2-12H,27H2,1H3,(H2,28,30,33). The van der Waals surface area contributed by atoms with Gasteiger partial charge in [0.05, 0.1) is 43.4 Å². The van der Waals surface area contributed by atoms with Crippen molar-refractivity contribution in [3.63, 3.8) is 0 Å². The largest absolute Gasteiger partial charge is 0.323 e. The van der Waals surface area contributed by atoms with Crippen molar-refractivity contribution in [2.24, 2.45) is 5.73 Å². The molecule has 0 bridgehead atoms. The molecule has 4 N–H and O–H groups in total. The smallest absolute Gasteiger partial charge is 0.322 e. The van der Waals surface area contributed by atoms with Crippen LogP contribution in [0.5, 0.6) is 0 Å². The fourth-order valence-electron chi connectivity index (χ4n) is 3.38. The summed E-state index contributed by atoms with van der Waals surface area (Å²) in [5.74, 6) is 0.360. The van der Waals surface area contributed by atoms with Crippen LogP contribution in [0.4, 0.5) is 16.2 Å². The molecule has 0 saturated heterocycles. The highest BCUT2D eigenvalue weighted by molar-refractivity contribution is 6.39. The van der Waals surface area contributed by atoms with E-state index in [-0.39, 0.29) is 10.9 Å². The van der Waals surface area contributed by atoms with E-state index < -0.39 is 12.1 Å². The molecule has 7 nitrogen and oxygen atoms in total. The molecule has 1 heterocycles. The van der Waals surface area contributed by atoms with Gasteiger partial charge < -0.3 is 16.4 Å². The monoisotopic (exact) mass is 501 g/mol. The number of halogens is 3. The first-order valence-electron chi connectivity index (χ1n) is 9.85. The van der Waals surface area contributed by atoms with Crippen LogP contribution in [0.2, 0.25) is 15.1 Å². The average molecular weight is 503 g/mol. The van der Waals surface area contributed by atoms with Gasteiger partial charge in [0.25, 0.3) is 5.56 Å². The Morgan fingerprint density at radius 1 is 0.970 bits per heavy atom. The summed E-state index contributed by atoms with van der Waals surface area (Å²) in [6.07, 6.45) is 0. The average Bonchev–Trinajstić information content (AvgIpc) is 2.76. The molecule has 3 aromatic carbocycles. The fourth-order valence-corrected chi connectivity index (χ4v) is 4.12. The van der Waals surface area contributed by atoms with Crippen LogP contribution in [-0.2, 0) is 0 Å². The van der Waals surface area contributed by atoms with E-state index in [0.717, 1.165) is 0 Å². The molecule has 1 aromatic heterocycles. The van der Waals surface area contributed by atoms with Crippen molar-refractivity contribution in [1.29, 1.82) is 0 Å². The van der Waals surface area contributed by atoms with Crippen molar-refractivity contribution in [1.82, 2.24) is 9.55 Å². The van der Waals surface area contributed by atoms with E-state index in [1.165, 1.54) is 4.57 Å². The number of aromatic nitrogens is 2. The van der Waals surface area contributed by atoms with Crippen molar-refractivity contribution in [2.45, 2.75) is 13.0 Å². The molecule has 0 radical (unpaired) electrons. The van der Waals surface area contributed by atoms with Crippen LogP contribution in [0.3, 0.4) is 0 Å². The minimum absolute atomic E-state index is 0.285. The number of para-hydroxylation sites is 1. The number of nitrogens with zero attached hydrogens (tertiary/aromatic N) is 2. The van der Waals surface area contributed by atoms with Gasteiger partial charge in [-0.15, -0.1) is 0 Å². The first kappa shape index (κ1) is 23.1. The Morgan fingerprint density at radius 3 is 2.30 bits per heavy atom. The van der Waals surface area contributed by atoms with Crippen molar-refractivity contribution >= 4 is 63.1 Å². The van der Waals surface area contributed by atoms with Crippen LogP contribution < -0.4 is 21.9 Å². The Hall–Kier alpha value is -3.10. The molecule has 10 heteroatoms. The number of benzene rings is 3. The van der Waals surface area contributed by atoms with Gasteiger partial charge in [0.1, 0.15) is 5.82 Å².